The van der Waals surface area contributed by atoms with Crippen molar-refractivity contribution in [3.63, 3.8) is 0 Å². The standard InChI is InChI=1S/C24H28N8O3/c1-2-3-4-14-7-11-17(12-8-14)28-24(35)31-21-19(20(25)33)29-18(30-21)13-15-5-9-16(10-6-15)22(34)32-23(26)27/h5-12H,2-4,13H2,1H3,(H2,25,33)(H,29,30)(H2,28,31,35)(H4,26,27,32,34). The molecule has 1 aromatic heterocycles. The summed E-state index contributed by atoms with van der Waals surface area (Å²) in [6.07, 6.45) is 3.48. The number of anilines is 2. The van der Waals surface area contributed by atoms with Crippen LogP contribution in [0, 0.1) is 5.41 Å². The van der Waals surface area contributed by atoms with Gasteiger partial charge >= 0.3 is 6.03 Å². The summed E-state index contributed by atoms with van der Waals surface area (Å²) in [5, 5.41) is 14.6. The van der Waals surface area contributed by atoms with Gasteiger partial charge in [0.05, 0.1) is 0 Å². The van der Waals surface area contributed by atoms with E-state index in [0.29, 0.717) is 17.1 Å². The van der Waals surface area contributed by atoms with Gasteiger partial charge in [0, 0.05) is 17.7 Å². The second-order valence-electron chi connectivity index (χ2n) is 7.89. The van der Waals surface area contributed by atoms with Gasteiger partial charge < -0.3 is 21.8 Å². The number of nitrogens with zero attached hydrogens (tertiary/aromatic N) is 1. The summed E-state index contributed by atoms with van der Waals surface area (Å²) < 4.78 is 0. The number of H-pyrrole nitrogens is 1. The molecule has 0 aliphatic carbocycles. The average molecular weight is 477 g/mol. The highest BCUT2D eigenvalue weighted by Gasteiger charge is 2.18. The zero-order valence-electron chi connectivity index (χ0n) is 19.3. The largest absolute Gasteiger partial charge is 0.370 e. The van der Waals surface area contributed by atoms with Gasteiger partial charge in [0.1, 0.15) is 11.6 Å². The Labute approximate surface area is 202 Å². The molecule has 0 atom stereocenters. The molecule has 0 radical (unpaired) electrons. The number of hydrogen-bond donors (Lipinski definition) is 7. The maximum atomic E-state index is 12.5. The lowest BCUT2D eigenvalue weighted by molar-refractivity contribution is 0.0973. The number of carbonyl (C=O) groups is 3. The van der Waals surface area contributed by atoms with Crippen molar-refractivity contribution in [1.82, 2.24) is 15.3 Å². The minimum absolute atomic E-state index is 0.0852. The van der Waals surface area contributed by atoms with E-state index in [4.69, 9.17) is 16.9 Å². The molecule has 0 spiro atoms. The lowest BCUT2D eigenvalue weighted by atomic mass is 10.1. The monoisotopic (exact) mass is 476 g/mol. The summed E-state index contributed by atoms with van der Waals surface area (Å²) >= 11 is 0. The third kappa shape index (κ3) is 7.16. The third-order valence-electron chi connectivity index (χ3n) is 5.09. The Bertz CT molecular complexity index is 1220. The molecule has 11 heteroatoms. The fourth-order valence-corrected chi connectivity index (χ4v) is 3.35. The van der Waals surface area contributed by atoms with Crippen molar-refractivity contribution in [2.75, 3.05) is 10.6 Å². The highest BCUT2D eigenvalue weighted by atomic mass is 16.2. The first-order valence-electron chi connectivity index (χ1n) is 11.0. The van der Waals surface area contributed by atoms with E-state index in [0.717, 1.165) is 24.8 Å². The van der Waals surface area contributed by atoms with Crippen LogP contribution in [0.25, 0.3) is 0 Å². The van der Waals surface area contributed by atoms with Gasteiger partial charge in [-0.15, -0.1) is 0 Å². The van der Waals surface area contributed by atoms with Gasteiger partial charge in [-0.2, -0.15) is 0 Å². The Morgan fingerprint density at radius 3 is 2.23 bits per heavy atom. The maximum absolute atomic E-state index is 12.5. The summed E-state index contributed by atoms with van der Waals surface area (Å²) in [6.45, 7) is 2.13. The number of benzene rings is 2. The molecule has 3 aromatic rings. The molecule has 0 saturated heterocycles. The average Bonchev–Trinajstić information content (AvgIpc) is 3.20. The zero-order valence-corrected chi connectivity index (χ0v) is 19.3. The van der Waals surface area contributed by atoms with Gasteiger partial charge in [-0.25, -0.2) is 9.78 Å². The highest BCUT2D eigenvalue weighted by molar-refractivity contribution is 6.05. The van der Waals surface area contributed by atoms with Gasteiger partial charge in [0.2, 0.25) is 0 Å². The van der Waals surface area contributed by atoms with Crippen molar-refractivity contribution in [2.45, 2.75) is 32.6 Å². The molecule has 11 nitrogen and oxygen atoms in total. The summed E-state index contributed by atoms with van der Waals surface area (Å²) in [6, 6.07) is 13.6. The van der Waals surface area contributed by atoms with E-state index in [1.165, 1.54) is 5.56 Å². The van der Waals surface area contributed by atoms with Crippen molar-refractivity contribution >= 4 is 35.3 Å². The first-order chi connectivity index (χ1) is 16.7. The molecule has 4 amide bonds. The topological polar surface area (TPSA) is 192 Å². The Morgan fingerprint density at radius 2 is 1.63 bits per heavy atom. The number of imidazole rings is 1. The number of rotatable bonds is 9. The number of hydrogen-bond acceptors (Lipinski definition) is 5. The first kappa shape index (κ1) is 25.0. The number of urea groups is 1. The number of aryl methyl sites for hydroxylation is 1. The minimum atomic E-state index is -0.792. The predicted octanol–water partition coefficient (Wildman–Crippen LogP) is 2.71. The van der Waals surface area contributed by atoms with Crippen LogP contribution < -0.4 is 27.4 Å². The van der Waals surface area contributed by atoms with E-state index in [-0.39, 0.29) is 17.9 Å². The molecule has 9 N–H and O–H groups in total. The number of guanidine groups is 1. The summed E-state index contributed by atoms with van der Waals surface area (Å²) in [5.74, 6) is -1.25. The smallest absolute Gasteiger partial charge is 0.324 e. The Balaban J connectivity index is 1.66. The van der Waals surface area contributed by atoms with E-state index >= 15 is 0 Å². The number of nitrogens with two attached hydrogens (primary N) is 2. The van der Waals surface area contributed by atoms with Crippen molar-refractivity contribution in [1.29, 1.82) is 5.41 Å². The molecule has 3 rings (SSSR count). The first-order valence-corrected chi connectivity index (χ1v) is 11.0. The molecule has 0 unspecified atom stereocenters. The minimum Gasteiger partial charge on any atom is -0.370 e. The van der Waals surface area contributed by atoms with Crippen LogP contribution in [0.1, 0.15) is 57.6 Å². The molecular weight excluding hydrogens is 448 g/mol. The predicted molar refractivity (Wildman–Crippen MR) is 133 cm³/mol. The molecule has 182 valence electrons. The molecule has 0 aliphatic heterocycles. The van der Waals surface area contributed by atoms with E-state index in [9.17, 15) is 14.4 Å². The lowest BCUT2D eigenvalue weighted by Crippen LogP contribution is -2.35. The zero-order chi connectivity index (χ0) is 25.4. The fourth-order valence-electron chi connectivity index (χ4n) is 3.35. The number of aromatic amines is 1. The molecule has 2 aromatic carbocycles. The number of nitrogens with one attached hydrogen (secondary N) is 5. The molecule has 0 aliphatic rings. The quantitative estimate of drug-likeness (QED) is 0.184. The van der Waals surface area contributed by atoms with Gasteiger partial charge in [0.15, 0.2) is 11.7 Å². The van der Waals surface area contributed by atoms with Crippen LogP contribution in [-0.4, -0.2) is 33.8 Å². The molecule has 1 heterocycles. The molecule has 0 fully saturated rings. The summed E-state index contributed by atoms with van der Waals surface area (Å²) in [4.78, 5) is 43.3. The van der Waals surface area contributed by atoms with Crippen LogP contribution in [-0.2, 0) is 12.8 Å². The van der Waals surface area contributed by atoms with Crippen molar-refractivity contribution < 1.29 is 14.4 Å². The van der Waals surface area contributed by atoms with E-state index < -0.39 is 23.8 Å². The van der Waals surface area contributed by atoms with Crippen LogP contribution >= 0.6 is 0 Å². The summed E-state index contributed by atoms with van der Waals surface area (Å²) in [5.41, 5.74) is 13.4. The molecule has 0 saturated carbocycles. The number of carbonyl (C=O) groups excluding carboxylic acids is 3. The lowest BCUT2D eigenvalue weighted by Gasteiger charge is -2.08. The molecule has 0 bridgehead atoms. The van der Waals surface area contributed by atoms with Crippen LogP contribution in [0.5, 0.6) is 0 Å². The highest BCUT2D eigenvalue weighted by Crippen LogP contribution is 2.17. The van der Waals surface area contributed by atoms with E-state index in [1.807, 2.05) is 24.3 Å². The Hall–Kier alpha value is -4.67. The summed E-state index contributed by atoms with van der Waals surface area (Å²) in [7, 11) is 0. The number of amides is 4. The third-order valence-corrected chi connectivity index (χ3v) is 5.09. The van der Waals surface area contributed by atoms with Crippen molar-refractivity contribution in [3.05, 3.63) is 76.7 Å². The number of primary amides is 1. The SMILES string of the molecule is CCCCc1ccc(NC(=O)Nc2[nH]c(Cc3ccc(C(=O)NC(=N)N)cc3)nc2C(N)=O)cc1. The van der Waals surface area contributed by atoms with Gasteiger partial charge in [-0.3, -0.25) is 25.6 Å². The molecular formula is C24H28N8O3. The van der Waals surface area contributed by atoms with Crippen LogP contribution in [0.3, 0.4) is 0 Å². The van der Waals surface area contributed by atoms with Gasteiger partial charge in [-0.1, -0.05) is 37.6 Å². The van der Waals surface area contributed by atoms with Crippen molar-refractivity contribution in [3.8, 4) is 0 Å². The second-order valence-corrected chi connectivity index (χ2v) is 7.89. The fraction of sp³-hybridized carbons (Fsp3) is 0.208. The van der Waals surface area contributed by atoms with E-state index in [1.54, 1.807) is 24.3 Å². The Kier molecular flexibility index (Phi) is 8.17. The molecule has 35 heavy (non-hydrogen) atoms. The van der Waals surface area contributed by atoms with Crippen LogP contribution in [0.15, 0.2) is 48.5 Å². The second kappa shape index (κ2) is 11.5. The maximum Gasteiger partial charge on any atom is 0.324 e. The number of aromatic nitrogens is 2. The van der Waals surface area contributed by atoms with Crippen molar-refractivity contribution in [2.24, 2.45) is 11.5 Å². The van der Waals surface area contributed by atoms with Gasteiger partial charge in [0.25, 0.3) is 11.8 Å². The van der Waals surface area contributed by atoms with Gasteiger partial charge in [-0.05, 0) is 48.2 Å². The Morgan fingerprint density at radius 1 is 0.971 bits per heavy atom. The number of unbranched alkanes of at least 4 members (excludes halogenated alkanes) is 1. The normalized spacial score (nSPS) is 10.4. The van der Waals surface area contributed by atoms with E-state index in [2.05, 4.69) is 32.8 Å². The van der Waals surface area contributed by atoms with Crippen LogP contribution in [0.2, 0.25) is 0 Å². The van der Waals surface area contributed by atoms with Crippen LogP contribution in [0.4, 0.5) is 16.3 Å².